The molecule has 0 bridgehead atoms. The van der Waals surface area contributed by atoms with Gasteiger partial charge in [0.25, 0.3) is 5.91 Å². The van der Waals surface area contributed by atoms with Crippen LogP contribution in [-0.2, 0) is 19.4 Å². The molecule has 1 aliphatic carbocycles. The highest BCUT2D eigenvalue weighted by Crippen LogP contribution is 2.25. The summed E-state index contributed by atoms with van der Waals surface area (Å²) in [6.07, 6.45) is 4.31. The number of hydrogen-bond donors (Lipinski definition) is 1. The first-order valence-corrected chi connectivity index (χ1v) is 15.1. The fourth-order valence-electron chi connectivity index (χ4n) is 4.75. The van der Waals surface area contributed by atoms with Gasteiger partial charge in [0, 0.05) is 22.3 Å². The summed E-state index contributed by atoms with van der Waals surface area (Å²) in [5.74, 6) is -4.07. The van der Waals surface area contributed by atoms with Crippen LogP contribution in [0.25, 0.3) is 0 Å². The number of ketones is 1. The van der Waals surface area contributed by atoms with Crippen LogP contribution >= 0.6 is 11.6 Å². The van der Waals surface area contributed by atoms with Crippen LogP contribution in [0.4, 0.5) is 10.1 Å². The van der Waals surface area contributed by atoms with Crippen molar-refractivity contribution in [2.45, 2.75) is 56.0 Å². The molecule has 210 valence electrons. The van der Waals surface area contributed by atoms with Crippen molar-refractivity contribution in [1.82, 2.24) is 5.32 Å². The number of nitrogens with one attached hydrogen (secondary N) is 1. The van der Waals surface area contributed by atoms with Crippen molar-refractivity contribution in [3.8, 4) is 0 Å². The summed E-state index contributed by atoms with van der Waals surface area (Å²) in [5.41, 5.74) is 0.956. The van der Waals surface area contributed by atoms with E-state index in [-0.39, 0.29) is 22.2 Å². The molecule has 3 aromatic carbocycles. The number of benzene rings is 3. The lowest BCUT2D eigenvalue weighted by Gasteiger charge is -2.32. The van der Waals surface area contributed by atoms with Crippen LogP contribution in [-0.4, -0.2) is 43.9 Å². The van der Waals surface area contributed by atoms with E-state index in [9.17, 15) is 27.2 Å². The molecule has 0 radical (unpaired) electrons. The number of nitrogens with zero attached hydrogens (tertiary/aromatic N) is 1. The molecular formula is C30H30ClFN2O5S. The number of carbonyl (C=O) groups is 3. The van der Waals surface area contributed by atoms with Gasteiger partial charge in [-0.3, -0.25) is 19.3 Å². The molecule has 1 aliphatic rings. The summed E-state index contributed by atoms with van der Waals surface area (Å²) in [6, 6.07) is 14.5. The van der Waals surface area contributed by atoms with Crippen LogP contribution in [0.3, 0.4) is 0 Å². The molecule has 0 aliphatic heterocycles. The molecular weight excluding hydrogens is 555 g/mol. The molecule has 1 saturated carbocycles. The third kappa shape index (κ3) is 7.14. The molecule has 1 N–H and O–H groups in total. The number of halogens is 2. The van der Waals surface area contributed by atoms with Gasteiger partial charge in [-0.05, 0) is 80.4 Å². The topological polar surface area (TPSA) is 101 Å². The molecule has 1 unspecified atom stereocenters. The fourth-order valence-corrected chi connectivity index (χ4v) is 6.06. The van der Waals surface area contributed by atoms with E-state index in [1.807, 2.05) is 0 Å². The minimum Gasteiger partial charge on any atom is -0.351 e. The number of rotatable bonds is 9. The monoisotopic (exact) mass is 584 g/mol. The van der Waals surface area contributed by atoms with Gasteiger partial charge >= 0.3 is 0 Å². The van der Waals surface area contributed by atoms with Crippen LogP contribution in [0.15, 0.2) is 77.7 Å². The van der Waals surface area contributed by atoms with Gasteiger partial charge in [-0.15, -0.1) is 0 Å². The number of amides is 2. The lowest BCUT2D eigenvalue weighted by atomic mass is 9.94. The Kier molecular flexibility index (Phi) is 9.37. The first-order chi connectivity index (χ1) is 19.0. The molecule has 40 heavy (non-hydrogen) atoms. The van der Waals surface area contributed by atoms with E-state index in [1.165, 1.54) is 48.5 Å². The number of sulfone groups is 1. The molecule has 0 saturated heterocycles. The second-order valence-corrected chi connectivity index (χ2v) is 12.4. The summed E-state index contributed by atoms with van der Waals surface area (Å²) in [7, 11) is -4.15. The Balaban J connectivity index is 1.77. The van der Waals surface area contributed by atoms with Crippen molar-refractivity contribution in [2.75, 3.05) is 10.7 Å². The normalized spacial score (nSPS) is 14.8. The predicted molar refractivity (Wildman–Crippen MR) is 152 cm³/mol. The molecule has 4 rings (SSSR count). The average Bonchev–Trinajstić information content (AvgIpc) is 2.93. The molecule has 0 spiro atoms. The molecule has 0 heterocycles. The second kappa shape index (κ2) is 12.7. The van der Waals surface area contributed by atoms with Gasteiger partial charge in [0.05, 0.1) is 4.90 Å². The molecule has 10 heteroatoms. The van der Waals surface area contributed by atoms with Crippen LogP contribution in [0.1, 0.15) is 48.0 Å². The van der Waals surface area contributed by atoms with Crippen molar-refractivity contribution >= 4 is 44.7 Å². The number of hydrogen-bond acceptors (Lipinski definition) is 5. The van der Waals surface area contributed by atoms with Crippen molar-refractivity contribution < 1.29 is 27.2 Å². The lowest BCUT2D eigenvalue weighted by Crippen LogP contribution is -2.57. The molecule has 2 amide bonds. The minimum absolute atomic E-state index is 0.0108. The van der Waals surface area contributed by atoms with E-state index >= 15 is 0 Å². The zero-order valence-electron chi connectivity index (χ0n) is 22.0. The standard InChI is InChI=1S/C30H30ClFN2O5S/c1-20-7-17-26(18-8-20)40(38,39)19-27(35)34(25-15-13-23(32)14-16-25)28(29(36)21-9-11-22(31)12-10-21)30(37)33-24-5-3-2-4-6-24/h7-18,24,28H,2-6,19H2,1H3,(H,33,37). The SMILES string of the molecule is Cc1ccc(S(=O)(=O)CC(=O)N(c2ccc(F)cc2)C(C(=O)NC2CCCCC2)C(=O)c2ccc(Cl)cc2)cc1. The zero-order chi connectivity index (χ0) is 28.9. The van der Waals surface area contributed by atoms with Crippen LogP contribution in [0.5, 0.6) is 0 Å². The van der Waals surface area contributed by atoms with E-state index in [0.29, 0.717) is 5.02 Å². The minimum atomic E-state index is -4.15. The van der Waals surface area contributed by atoms with Gasteiger partial charge in [-0.2, -0.15) is 0 Å². The maximum absolute atomic E-state index is 13.9. The third-order valence-electron chi connectivity index (χ3n) is 6.90. The average molecular weight is 585 g/mol. The third-order valence-corrected chi connectivity index (χ3v) is 8.77. The van der Waals surface area contributed by atoms with Crippen molar-refractivity contribution in [2.24, 2.45) is 0 Å². The van der Waals surface area contributed by atoms with Gasteiger partial charge in [0.2, 0.25) is 5.91 Å². The summed E-state index contributed by atoms with van der Waals surface area (Å²) in [5, 5.41) is 3.27. The molecule has 0 aromatic heterocycles. The molecule has 1 fully saturated rings. The highest BCUT2D eigenvalue weighted by atomic mass is 35.5. The van der Waals surface area contributed by atoms with Crippen molar-refractivity contribution in [3.05, 3.63) is 94.8 Å². The quantitative estimate of drug-likeness (QED) is 0.272. The first kappa shape index (κ1) is 29.4. The Hall–Kier alpha value is -3.56. The maximum atomic E-state index is 13.9. The Morgan fingerprint density at radius 3 is 2.12 bits per heavy atom. The van der Waals surface area contributed by atoms with E-state index in [1.54, 1.807) is 19.1 Å². The number of aryl methyl sites for hydroxylation is 1. The van der Waals surface area contributed by atoms with Gasteiger partial charge in [0.1, 0.15) is 11.6 Å². The number of anilines is 1. The van der Waals surface area contributed by atoms with Crippen LogP contribution in [0, 0.1) is 12.7 Å². The molecule has 3 aromatic rings. The van der Waals surface area contributed by atoms with Gasteiger partial charge in [-0.1, -0.05) is 48.6 Å². The number of Topliss-reactive ketones (excluding diaryl/α,β-unsaturated/α-hetero) is 1. The molecule has 7 nitrogen and oxygen atoms in total. The van der Waals surface area contributed by atoms with Gasteiger partial charge in [-0.25, -0.2) is 12.8 Å². The lowest BCUT2D eigenvalue weighted by molar-refractivity contribution is -0.125. The van der Waals surface area contributed by atoms with E-state index < -0.39 is 45.0 Å². The Morgan fingerprint density at radius 2 is 1.52 bits per heavy atom. The van der Waals surface area contributed by atoms with Crippen molar-refractivity contribution in [3.63, 3.8) is 0 Å². The van der Waals surface area contributed by atoms with E-state index in [2.05, 4.69) is 5.32 Å². The largest absolute Gasteiger partial charge is 0.351 e. The Labute approximate surface area is 238 Å². The predicted octanol–water partition coefficient (Wildman–Crippen LogP) is 5.29. The Bertz CT molecular complexity index is 1470. The van der Waals surface area contributed by atoms with Crippen LogP contribution in [0.2, 0.25) is 5.02 Å². The first-order valence-electron chi connectivity index (χ1n) is 13.0. The zero-order valence-corrected chi connectivity index (χ0v) is 23.6. The summed E-state index contributed by atoms with van der Waals surface area (Å²) in [4.78, 5) is 42.3. The highest BCUT2D eigenvalue weighted by molar-refractivity contribution is 7.92. The summed E-state index contributed by atoms with van der Waals surface area (Å²) < 4.78 is 40.3. The maximum Gasteiger partial charge on any atom is 0.251 e. The van der Waals surface area contributed by atoms with Crippen molar-refractivity contribution in [1.29, 1.82) is 0 Å². The van der Waals surface area contributed by atoms with Gasteiger partial charge < -0.3 is 5.32 Å². The second-order valence-electron chi connectivity index (χ2n) is 9.93. The Morgan fingerprint density at radius 1 is 0.925 bits per heavy atom. The van der Waals surface area contributed by atoms with Crippen LogP contribution < -0.4 is 10.2 Å². The van der Waals surface area contributed by atoms with E-state index in [0.717, 1.165) is 54.7 Å². The highest BCUT2D eigenvalue weighted by Gasteiger charge is 2.40. The van der Waals surface area contributed by atoms with Gasteiger partial charge in [0.15, 0.2) is 21.7 Å². The summed E-state index contributed by atoms with van der Waals surface area (Å²) in [6.45, 7) is 1.80. The smallest absolute Gasteiger partial charge is 0.251 e. The number of carbonyl (C=O) groups excluding carboxylic acids is 3. The molecule has 1 atom stereocenters. The summed E-state index contributed by atoms with van der Waals surface area (Å²) >= 11 is 5.99. The van der Waals surface area contributed by atoms with E-state index in [4.69, 9.17) is 11.6 Å². The fraction of sp³-hybridized carbons (Fsp3) is 0.300.